The molecule has 0 unspecified atom stereocenters. The molecule has 0 rings (SSSR count). The fourth-order valence-electron chi connectivity index (χ4n) is 0. The van der Waals surface area contributed by atoms with Crippen LogP contribution in [0, 0.1) is 0 Å². The molecule has 0 aromatic rings. The number of aliphatic hydroxyl groups excluding tert-OH is 3. The number of halogens is 3. The van der Waals surface area contributed by atoms with Crippen LogP contribution >= 0.6 is 0 Å². The Morgan fingerprint density at radius 1 is 0.684 bits per heavy atom. The Labute approximate surface area is 133 Å². The summed E-state index contributed by atoms with van der Waals surface area (Å²) in [6, 6.07) is 0. The minimum absolute atomic E-state index is 0. The van der Waals surface area contributed by atoms with Crippen LogP contribution in [0.3, 0.4) is 0 Å². The molecule has 19 heavy (non-hydrogen) atoms. The van der Waals surface area contributed by atoms with Crippen LogP contribution < -0.4 is 0 Å². The van der Waals surface area contributed by atoms with E-state index in [1.54, 1.807) is 0 Å². The van der Waals surface area contributed by atoms with Crippen LogP contribution in [-0.2, 0) is 39.0 Å². The summed E-state index contributed by atoms with van der Waals surface area (Å²) < 4.78 is 32.0. The summed E-state index contributed by atoms with van der Waals surface area (Å²) in [7, 11) is 0. The molecule has 0 aliphatic heterocycles. The fourth-order valence-corrected chi connectivity index (χ4v) is 0. The van der Waals surface area contributed by atoms with Crippen molar-refractivity contribution >= 4 is 0 Å². The topological polar surface area (TPSA) is 184 Å². The van der Waals surface area contributed by atoms with Crippen LogP contribution in [0.25, 0.3) is 0 Å². The first-order valence-corrected chi connectivity index (χ1v) is 3.56. The van der Waals surface area contributed by atoms with E-state index in [0.29, 0.717) is 0 Å². The van der Waals surface area contributed by atoms with E-state index in [-0.39, 0.29) is 49.9 Å². The first-order valence-electron chi connectivity index (χ1n) is 3.56. The molecular formula is C6H19F3O8Rh2. The van der Waals surface area contributed by atoms with Crippen LogP contribution in [0.5, 0.6) is 0 Å². The van der Waals surface area contributed by atoms with Gasteiger partial charge in [-0.2, -0.15) is 13.2 Å². The van der Waals surface area contributed by atoms with Crippen LogP contribution in [0.2, 0.25) is 0 Å². The van der Waals surface area contributed by atoms with E-state index in [1.807, 2.05) is 0 Å². The van der Waals surface area contributed by atoms with Crippen LogP contribution in [-0.4, -0.2) is 66.6 Å². The van der Waals surface area contributed by atoms with E-state index in [9.17, 15) is 13.2 Å². The Morgan fingerprint density at radius 2 is 0.737 bits per heavy atom. The summed E-state index contributed by atoms with van der Waals surface area (Å²) in [5.74, 6) is 0. The van der Waals surface area contributed by atoms with Crippen molar-refractivity contribution in [1.29, 1.82) is 0 Å². The second kappa shape index (κ2) is 23.8. The third-order valence-corrected chi connectivity index (χ3v) is 0.293. The van der Waals surface area contributed by atoms with Crippen molar-refractivity contribution in [2.45, 2.75) is 38.9 Å². The predicted octanol–water partition coefficient (Wildman–Crippen LogP) is -3.16. The number of hydrogen-bond acceptors (Lipinski definition) is 6. The molecule has 0 fully saturated rings. The van der Waals surface area contributed by atoms with Crippen molar-refractivity contribution in [1.82, 2.24) is 0 Å². The molecule has 0 saturated heterocycles. The maximum Gasteiger partial charge on any atom is 0.439 e. The zero-order chi connectivity index (χ0) is 13.2. The average molecular weight is 482 g/mol. The summed E-state index contributed by atoms with van der Waals surface area (Å²) in [6.07, 6.45) is -10.4. The van der Waals surface area contributed by atoms with Gasteiger partial charge < -0.3 is 41.6 Å². The van der Waals surface area contributed by atoms with Crippen molar-refractivity contribution in [3.63, 3.8) is 0 Å². The van der Waals surface area contributed by atoms with Gasteiger partial charge in [-0.15, -0.1) is 0 Å². The molecule has 10 N–H and O–H groups in total. The van der Waals surface area contributed by atoms with Crippen LogP contribution in [0.15, 0.2) is 0 Å². The Kier molecular flexibility index (Phi) is 53.5. The molecule has 0 aromatic carbocycles. The van der Waals surface area contributed by atoms with Crippen LogP contribution in [0.4, 0.5) is 13.2 Å². The van der Waals surface area contributed by atoms with Crippen molar-refractivity contribution in [3.8, 4) is 0 Å². The number of aliphatic hydroxyl groups is 6. The van der Waals surface area contributed by atoms with Crippen molar-refractivity contribution in [3.05, 3.63) is 0 Å². The molecule has 0 atom stereocenters. The van der Waals surface area contributed by atoms with Crippen molar-refractivity contribution in [2.75, 3.05) is 0 Å². The van der Waals surface area contributed by atoms with Crippen LogP contribution in [0.1, 0.15) is 13.8 Å². The third kappa shape index (κ3) is 116. The third-order valence-electron chi connectivity index (χ3n) is 0.293. The predicted molar refractivity (Wildman–Crippen MR) is 49.3 cm³/mol. The molecule has 0 aliphatic carbocycles. The minimum atomic E-state index is -4.89. The summed E-state index contributed by atoms with van der Waals surface area (Å²) in [5.41, 5.74) is 0. The molecule has 0 heterocycles. The molecule has 0 amide bonds. The van der Waals surface area contributed by atoms with Gasteiger partial charge in [0.2, 0.25) is 0 Å². The van der Waals surface area contributed by atoms with Gasteiger partial charge in [-0.3, -0.25) is 0 Å². The van der Waals surface area contributed by atoms with Gasteiger partial charge >= 0.3 is 6.18 Å². The van der Waals surface area contributed by atoms with Gasteiger partial charge in [0, 0.05) is 39.0 Å². The molecule has 0 aliphatic rings. The molecule has 130 valence electrons. The quantitative estimate of drug-likeness (QED) is 0.156. The van der Waals surface area contributed by atoms with Gasteiger partial charge in [0.05, 0.1) is 0 Å². The van der Waals surface area contributed by atoms with Gasteiger partial charge in [-0.05, 0) is 13.8 Å². The maximum absolute atomic E-state index is 10.7. The second-order valence-electron chi connectivity index (χ2n) is 2.18. The molecule has 8 nitrogen and oxygen atoms in total. The van der Waals surface area contributed by atoms with Gasteiger partial charge in [0.25, 0.3) is 6.29 Å². The summed E-state index contributed by atoms with van der Waals surface area (Å²) in [5, 5.41) is 45.1. The summed E-state index contributed by atoms with van der Waals surface area (Å²) in [4.78, 5) is 0. The molecule has 0 bridgehead atoms. The van der Waals surface area contributed by atoms with Gasteiger partial charge in [-0.1, -0.05) is 0 Å². The molecular weight excluding hydrogens is 463 g/mol. The van der Waals surface area contributed by atoms with E-state index >= 15 is 0 Å². The molecule has 0 aromatic heterocycles. The number of hydrogen-bond donors (Lipinski definition) is 6. The van der Waals surface area contributed by atoms with Gasteiger partial charge in [0.1, 0.15) is 12.6 Å². The molecule has 0 saturated carbocycles. The smallest absolute Gasteiger partial charge is 0.412 e. The summed E-state index contributed by atoms with van der Waals surface area (Å²) >= 11 is 0. The Hall–Kier alpha value is 0.717. The van der Waals surface area contributed by atoms with E-state index in [4.69, 9.17) is 30.6 Å². The standard InChI is InChI=1S/C2H3F3O2.2C2H6O2.2H2O.2Rh/c3-2(4,5)1(6)7;2*1-2(3)4;;;;/h1,6-7H;2*2-4H,1H3;2*1H2;;. The van der Waals surface area contributed by atoms with E-state index in [1.165, 1.54) is 13.8 Å². The first-order chi connectivity index (χ1) is 6.41. The molecule has 13 heteroatoms. The molecule has 2 radical (unpaired) electrons. The maximum atomic E-state index is 10.7. The largest absolute Gasteiger partial charge is 0.439 e. The second-order valence-corrected chi connectivity index (χ2v) is 2.18. The van der Waals surface area contributed by atoms with Crippen molar-refractivity contribution < 1.29 is 93.7 Å². The average Bonchev–Trinajstić information content (AvgIpc) is 1.80. The zero-order valence-electron chi connectivity index (χ0n) is 9.72. The SMILES string of the molecule is CC(O)O.CC(O)O.O.O.OC(O)C(F)(F)F.[Rh].[Rh]. The Morgan fingerprint density at radius 3 is 0.737 bits per heavy atom. The Balaban J connectivity index is -0.0000000216. The molecule has 0 spiro atoms. The monoisotopic (exact) mass is 482 g/mol. The Bertz CT molecular complexity index is 125. The normalized spacial score (nSPS) is 8.53. The van der Waals surface area contributed by atoms with E-state index < -0.39 is 25.0 Å². The van der Waals surface area contributed by atoms with E-state index in [0.717, 1.165) is 0 Å². The van der Waals surface area contributed by atoms with Crippen molar-refractivity contribution in [2.24, 2.45) is 0 Å². The zero-order valence-corrected chi connectivity index (χ0v) is 13.0. The summed E-state index contributed by atoms with van der Waals surface area (Å²) in [6.45, 7) is 2.56. The van der Waals surface area contributed by atoms with E-state index in [2.05, 4.69) is 0 Å². The minimum Gasteiger partial charge on any atom is -0.412 e. The first kappa shape index (κ1) is 42.7. The number of alkyl halides is 3. The number of rotatable bonds is 0. The van der Waals surface area contributed by atoms with Gasteiger partial charge in [-0.25, -0.2) is 0 Å². The van der Waals surface area contributed by atoms with Gasteiger partial charge in [0.15, 0.2) is 0 Å². The fraction of sp³-hybridized carbons (Fsp3) is 1.00.